The summed E-state index contributed by atoms with van der Waals surface area (Å²) in [6.07, 6.45) is 1.74. The highest BCUT2D eigenvalue weighted by atomic mass is 35.5. The van der Waals surface area contributed by atoms with Gasteiger partial charge >= 0.3 is 0 Å². The van der Waals surface area contributed by atoms with E-state index in [2.05, 4.69) is 25.2 Å². The molecule has 0 radical (unpaired) electrons. The summed E-state index contributed by atoms with van der Waals surface area (Å²) in [5.74, 6) is 1.62. The minimum Gasteiger partial charge on any atom is -0.493 e. The number of methoxy groups -OCH3 is 2. The maximum atomic E-state index is 13.2. The highest BCUT2D eigenvalue weighted by molar-refractivity contribution is 6.30. The van der Waals surface area contributed by atoms with Gasteiger partial charge in [0.05, 0.1) is 25.9 Å². The quantitative estimate of drug-likeness (QED) is 0.161. The van der Waals surface area contributed by atoms with Crippen molar-refractivity contribution in [3.8, 4) is 11.5 Å². The molecule has 0 aliphatic heterocycles. The van der Waals surface area contributed by atoms with Crippen LogP contribution in [0.15, 0.2) is 42.5 Å². The van der Waals surface area contributed by atoms with Crippen LogP contribution in [0, 0.1) is 23.7 Å². The molecular formula is C33H52Cl2N2O5. The average Bonchev–Trinajstić information content (AvgIpc) is 2.93. The van der Waals surface area contributed by atoms with E-state index < -0.39 is 12.1 Å². The summed E-state index contributed by atoms with van der Waals surface area (Å²) < 4.78 is 16.6. The number of nitrogens with one attached hydrogen (secondary N) is 1. The molecule has 0 aliphatic carbocycles. The van der Waals surface area contributed by atoms with Crippen LogP contribution in [-0.4, -0.2) is 50.6 Å². The maximum absolute atomic E-state index is 13.2. The third-order valence-electron chi connectivity index (χ3n) is 7.85. The molecule has 0 saturated heterocycles. The zero-order valence-corrected chi connectivity index (χ0v) is 27.8. The maximum Gasteiger partial charge on any atom is 0.223 e. The first-order chi connectivity index (χ1) is 19.5. The molecule has 2 aromatic carbocycles. The van der Waals surface area contributed by atoms with Crippen molar-refractivity contribution in [2.24, 2.45) is 29.4 Å². The van der Waals surface area contributed by atoms with Gasteiger partial charge in [-0.15, -0.1) is 12.4 Å². The molecule has 0 aliphatic rings. The zero-order valence-electron chi connectivity index (χ0n) is 26.3. The van der Waals surface area contributed by atoms with Crippen molar-refractivity contribution in [2.75, 3.05) is 27.4 Å². The molecule has 7 nitrogen and oxygen atoms in total. The summed E-state index contributed by atoms with van der Waals surface area (Å²) in [4.78, 5) is 13.2. The number of ether oxygens (including phenoxy) is 3. The first-order valence-electron chi connectivity index (χ1n) is 14.7. The van der Waals surface area contributed by atoms with Gasteiger partial charge in [0.1, 0.15) is 0 Å². The molecule has 0 bridgehead atoms. The summed E-state index contributed by atoms with van der Waals surface area (Å²) in [6, 6.07) is 12.9. The number of aliphatic hydroxyl groups excluding tert-OH is 1. The van der Waals surface area contributed by atoms with Gasteiger partial charge in [0.2, 0.25) is 5.91 Å². The van der Waals surface area contributed by atoms with E-state index in [1.807, 2.05) is 57.2 Å². The molecule has 0 aromatic heterocycles. The van der Waals surface area contributed by atoms with Gasteiger partial charge in [0.15, 0.2) is 11.5 Å². The third kappa shape index (κ3) is 12.3. The van der Waals surface area contributed by atoms with Crippen LogP contribution in [0.25, 0.3) is 0 Å². The second-order valence-electron chi connectivity index (χ2n) is 11.7. The minimum absolute atomic E-state index is 0. The van der Waals surface area contributed by atoms with Crippen molar-refractivity contribution < 1.29 is 24.1 Å². The van der Waals surface area contributed by atoms with E-state index >= 15 is 0 Å². The van der Waals surface area contributed by atoms with Gasteiger partial charge < -0.3 is 30.4 Å². The van der Waals surface area contributed by atoms with Crippen LogP contribution in [-0.2, 0) is 16.0 Å². The van der Waals surface area contributed by atoms with Crippen LogP contribution in [0.4, 0.5) is 0 Å². The van der Waals surface area contributed by atoms with E-state index in [0.717, 1.165) is 24.0 Å². The predicted octanol–water partition coefficient (Wildman–Crippen LogP) is 6.62. The van der Waals surface area contributed by atoms with Gasteiger partial charge in [-0.1, -0.05) is 57.5 Å². The van der Waals surface area contributed by atoms with E-state index in [9.17, 15) is 9.90 Å². The lowest BCUT2D eigenvalue weighted by Gasteiger charge is -2.30. The molecule has 0 fully saturated rings. The fourth-order valence-corrected chi connectivity index (χ4v) is 5.15. The molecule has 238 valence electrons. The van der Waals surface area contributed by atoms with Crippen LogP contribution in [0.3, 0.4) is 0 Å². The average molecular weight is 628 g/mol. The molecular weight excluding hydrogens is 575 g/mol. The van der Waals surface area contributed by atoms with Crippen LogP contribution >= 0.6 is 24.0 Å². The Morgan fingerprint density at radius 2 is 1.62 bits per heavy atom. The lowest BCUT2D eigenvalue weighted by molar-refractivity contribution is -0.128. The Hall–Kier alpha value is -2.03. The molecule has 0 unspecified atom stereocenters. The van der Waals surface area contributed by atoms with Gasteiger partial charge in [0, 0.05) is 37.1 Å². The van der Waals surface area contributed by atoms with Crippen molar-refractivity contribution in [3.63, 3.8) is 0 Å². The molecule has 2 aromatic rings. The number of benzene rings is 2. The number of amides is 1. The van der Waals surface area contributed by atoms with Gasteiger partial charge in [-0.3, -0.25) is 4.79 Å². The van der Waals surface area contributed by atoms with Gasteiger partial charge in [0.25, 0.3) is 0 Å². The molecule has 5 atom stereocenters. The van der Waals surface area contributed by atoms with E-state index in [1.165, 1.54) is 0 Å². The Balaban J connectivity index is 0.00000882. The predicted molar refractivity (Wildman–Crippen MR) is 174 cm³/mol. The number of aliphatic hydroxyl groups is 1. The molecule has 1 amide bonds. The Bertz CT molecular complexity index is 1050. The van der Waals surface area contributed by atoms with Gasteiger partial charge in [-0.05, 0) is 79.3 Å². The lowest BCUT2D eigenvalue weighted by atomic mass is 9.80. The Morgan fingerprint density at radius 1 is 0.952 bits per heavy atom. The molecule has 9 heteroatoms. The SMILES string of the molecule is COCCCOc1cc(C[C@@H](C[C@H](N)[C@@H](O)C[C@H](C(=O)N[C@@H](C)c2ccc(Cl)cc2)C(C)C)C(C)C)ccc1OC.Cl. The summed E-state index contributed by atoms with van der Waals surface area (Å²) in [5, 5.41) is 14.9. The molecule has 0 saturated carbocycles. The smallest absolute Gasteiger partial charge is 0.223 e. The summed E-state index contributed by atoms with van der Waals surface area (Å²) in [5.41, 5.74) is 8.69. The van der Waals surface area contributed by atoms with Crippen LogP contribution in [0.2, 0.25) is 5.02 Å². The molecule has 42 heavy (non-hydrogen) atoms. The minimum atomic E-state index is -0.796. The standard InChI is InChI=1S/C33H51ClN2O5.ClH/c1-21(2)26(17-24-9-14-31(40-7)32(18-24)41-16-8-15-39-6)19-29(35)30(37)20-28(22(3)4)33(38)36-23(5)25-10-12-27(34)13-11-25;/h9-14,18,21-23,26,28-30,37H,8,15-17,19-20,35H2,1-7H3,(H,36,38);1H/t23-,26-,28-,29-,30-;/m0./s1. The highest BCUT2D eigenvalue weighted by Crippen LogP contribution is 2.32. The Kier molecular flexibility index (Phi) is 17.4. The van der Waals surface area contributed by atoms with E-state index in [1.54, 1.807) is 14.2 Å². The summed E-state index contributed by atoms with van der Waals surface area (Å²) >= 11 is 6.01. The number of nitrogens with two attached hydrogens (primary N) is 1. The fourth-order valence-electron chi connectivity index (χ4n) is 5.02. The Labute approximate surface area is 264 Å². The molecule has 0 heterocycles. The number of carbonyl (C=O) groups is 1. The highest BCUT2D eigenvalue weighted by Gasteiger charge is 2.30. The summed E-state index contributed by atoms with van der Waals surface area (Å²) in [6.45, 7) is 11.5. The normalized spacial score (nSPS) is 15.0. The second kappa shape index (κ2) is 19.3. The molecule has 2 rings (SSSR count). The monoisotopic (exact) mass is 626 g/mol. The van der Waals surface area contributed by atoms with Crippen molar-refractivity contribution in [1.29, 1.82) is 0 Å². The number of carbonyl (C=O) groups excluding carboxylic acids is 1. The first kappa shape index (κ1) is 38.0. The zero-order chi connectivity index (χ0) is 30.5. The number of rotatable bonds is 18. The van der Waals surface area contributed by atoms with Crippen LogP contribution in [0.5, 0.6) is 11.5 Å². The Morgan fingerprint density at radius 3 is 2.19 bits per heavy atom. The van der Waals surface area contributed by atoms with E-state index in [4.69, 9.17) is 31.5 Å². The van der Waals surface area contributed by atoms with E-state index in [-0.39, 0.29) is 42.1 Å². The fraction of sp³-hybridized carbons (Fsp3) is 0.606. The van der Waals surface area contributed by atoms with Crippen molar-refractivity contribution >= 4 is 29.9 Å². The van der Waals surface area contributed by atoms with Crippen molar-refractivity contribution in [1.82, 2.24) is 5.32 Å². The summed E-state index contributed by atoms with van der Waals surface area (Å²) in [7, 11) is 3.31. The lowest BCUT2D eigenvalue weighted by Crippen LogP contribution is -2.43. The topological polar surface area (TPSA) is 103 Å². The third-order valence-corrected chi connectivity index (χ3v) is 8.11. The first-order valence-corrected chi connectivity index (χ1v) is 15.1. The largest absolute Gasteiger partial charge is 0.493 e. The van der Waals surface area contributed by atoms with E-state index in [0.29, 0.717) is 48.5 Å². The molecule has 4 N–H and O–H groups in total. The molecule has 0 spiro atoms. The van der Waals surface area contributed by atoms with Crippen molar-refractivity contribution in [3.05, 3.63) is 58.6 Å². The van der Waals surface area contributed by atoms with Gasteiger partial charge in [-0.2, -0.15) is 0 Å². The van der Waals surface area contributed by atoms with Crippen LogP contribution in [0.1, 0.15) is 71.0 Å². The second-order valence-corrected chi connectivity index (χ2v) is 12.2. The number of hydrogen-bond donors (Lipinski definition) is 3. The number of halogens is 2. The van der Waals surface area contributed by atoms with Crippen molar-refractivity contribution in [2.45, 2.75) is 78.5 Å². The van der Waals surface area contributed by atoms with Gasteiger partial charge in [-0.25, -0.2) is 0 Å². The number of hydrogen-bond acceptors (Lipinski definition) is 6. The van der Waals surface area contributed by atoms with Crippen LogP contribution < -0.4 is 20.5 Å².